The zero-order valence-corrected chi connectivity index (χ0v) is 19.2. The molecule has 4 amide bonds. The topological polar surface area (TPSA) is 207 Å². The Morgan fingerprint density at radius 1 is 1.00 bits per heavy atom. The highest BCUT2D eigenvalue weighted by atomic mass is 16.2. The largest absolute Gasteiger partial charge is 0.388 e. The highest BCUT2D eigenvalue weighted by molar-refractivity contribution is 6.06. The van der Waals surface area contributed by atoms with E-state index in [0.717, 1.165) is 0 Å². The molecule has 0 atom stereocenters. The molecule has 3 aromatic rings. The normalized spacial score (nSPS) is 10.5. The first-order valence-electron chi connectivity index (χ1n) is 10.3. The molecular weight excluding hydrogens is 458 g/mol. The summed E-state index contributed by atoms with van der Waals surface area (Å²) in [4.78, 5) is 52.1. The third-order valence-electron chi connectivity index (χ3n) is 4.82. The van der Waals surface area contributed by atoms with E-state index in [2.05, 4.69) is 31.3 Å². The van der Waals surface area contributed by atoms with Gasteiger partial charge < -0.3 is 30.8 Å². The number of hydrogen-bond donors (Lipinski definition) is 6. The first-order chi connectivity index (χ1) is 16.6. The van der Waals surface area contributed by atoms with Gasteiger partial charge in [0.2, 0.25) is 18.2 Å². The van der Waals surface area contributed by atoms with Gasteiger partial charge in [0.15, 0.2) is 0 Å². The Morgan fingerprint density at radius 3 is 2.14 bits per heavy atom. The van der Waals surface area contributed by atoms with Gasteiger partial charge in [-0.15, -0.1) is 5.10 Å². The smallest absolute Gasteiger partial charge is 0.293 e. The molecule has 35 heavy (non-hydrogen) atoms. The van der Waals surface area contributed by atoms with Crippen LogP contribution in [0.3, 0.4) is 0 Å². The van der Waals surface area contributed by atoms with Gasteiger partial charge in [-0.2, -0.15) is 4.98 Å². The Hall–Kier alpha value is -4.95. The third-order valence-corrected chi connectivity index (χ3v) is 4.82. The summed E-state index contributed by atoms with van der Waals surface area (Å²) in [6, 6.07) is 3.00. The fourth-order valence-corrected chi connectivity index (χ4v) is 3.20. The predicted molar refractivity (Wildman–Crippen MR) is 126 cm³/mol. The van der Waals surface area contributed by atoms with Gasteiger partial charge in [0.25, 0.3) is 17.7 Å². The van der Waals surface area contributed by atoms with Gasteiger partial charge in [-0.05, 0) is 12.1 Å². The number of nitrogens with one attached hydrogen (secondary N) is 5. The van der Waals surface area contributed by atoms with Gasteiger partial charge >= 0.3 is 0 Å². The van der Waals surface area contributed by atoms with Gasteiger partial charge in [-0.1, -0.05) is 0 Å². The van der Waals surface area contributed by atoms with Gasteiger partial charge in [0, 0.05) is 46.5 Å². The van der Waals surface area contributed by atoms with Gasteiger partial charge in [-0.25, -0.2) is 4.68 Å². The molecule has 0 saturated heterocycles. The number of rotatable bonds is 10. The average molecular weight is 483 g/mol. The van der Waals surface area contributed by atoms with Crippen molar-refractivity contribution in [1.29, 1.82) is 5.41 Å². The quantitative estimate of drug-likeness (QED) is 0.128. The number of carbonyl (C=O) groups is 4. The molecule has 0 spiro atoms. The van der Waals surface area contributed by atoms with Crippen LogP contribution >= 0.6 is 0 Å². The summed E-state index contributed by atoms with van der Waals surface area (Å²) in [5.74, 6) is -1.50. The molecule has 0 bridgehead atoms. The van der Waals surface area contributed by atoms with Crippen molar-refractivity contribution in [2.45, 2.75) is 6.42 Å². The van der Waals surface area contributed by atoms with E-state index in [0.29, 0.717) is 23.5 Å². The molecule has 0 aliphatic carbocycles. The van der Waals surface area contributed by atoms with Crippen LogP contribution in [0.2, 0.25) is 0 Å². The van der Waals surface area contributed by atoms with Crippen molar-refractivity contribution in [1.82, 2.24) is 29.2 Å². The molecule has 15 heteroatoms. The minimum atomic E-state index is -0.583. The zero-order chi connectivity index (χ0) is 25.7. The molecule has 3 rings (SSSR count). The number of anilines is 3. The van der Waals surface area contributed by atoms with Crippen LogP contribution in [-0.2, 0) is 25.9 Å². The van der Waals surface area contributed by atoms with Crippen LogP contribution in [0.1, 0.15) is 38.0 Å². The van der Waals surface area contributed by atoms with Gasteiger partial charge in [0.1, 0.15) is 11.4 Å². The highest BCUT2D eigenvalue weighted by Crippen LogP contribution is 2.18. The van der Waals surface area contributed by atoms with E-state index >= 15 is 0 Å². The lowest BCUT2D eigenvalue weighted by Gasteiger charge is -2.04. The van der Waals surface area contributed by atoms with E-state index in [-0.39, 0.29) is 42.2 Å². The number of nitrogens with zero attached hydrogens (tertiary/aromatic N) is 5. The van der Waals surface area contributed by atoms with Crippen LogP contribution in [0.25, 0.3) is 0 Å². The van der Waals surface area contributed by atoms with Crippen LogP contribution in [0.4, 0.5) is 17.3 Å². The monoisotopic (exact) mass is 483 g/mol. The van der Waals surface area contributed by atoms with Crippen molar-refractivity contribution in [2.24, 2.45) is 26.9 Å². The molecule has 0 radical (unpaired) electrons. The second-order valence-electron chi connectivity index (χ2n) is 7.53. The zero-order valence-electron chi connectivity index (χ0n) is 19.2. The van der Waals surface area contributed by atoms with Crippen LogP contribution < -0.4 is 27.0 Å². The number of carbonyl (C=O) groups excluding carboxylic acids is 4. The van der Waals surface area contributed by atoms with Gasteiger partial charge in [-0.3, -0.25) is 29.9 Å². The maximum Gasteiger partial charge on any atom is 0.293 e. The molecular formula is C20H25N11O4. The van der Waals surface area contributed by atoms with Crippen molar-refractivity contribution in [2.75, 3.05) is 22.5 Å². The SMILES string of the molecule is Cn1cc(NC(=O)c2cc(NC(=O)c3nc(NC=O)nn3C)cn2C)cc1C(=O)NCCC(=N)N. The molecule has 0 unspecified atom stereocenters. The van der Waals surface area contributed by atoms with Crippen molar-refractivity contribution in [3.05, 3.63) is 41.7 Å². The van der Waals surface area contributed by atoms with Crippen LogP contribution in [0.5, 0.6) is 0 Å². The number of aryl methyl sites for hydroxylation is 3. The first-order valence-corrected chi connectivity index (χ1v) is 10.3. The van der Waals surface area contributed by atoms with Crippen LogP contribution in [0.15, 0.2) is 24.5 Å². The number of amides is 4. The highest BCUT2D eigenvalue weighted by Gasteiger charge is 2.19. The Morgan fingerprint density at radius 2 is 1.57 bits per heavy atom. The van der Waals surface area contributed by atoms with Crippen molar-refractivity contribution in [3.63, 3.8) is 0 Å². The molecule has 0 fully saturated rings. The van der Waals surface area contributed by atoms with Crippen molar-refractivity contribution in [3.8, 4) is 0 Å². The van der Waals surface area contributed by atoms with Crippen LogP contribution in [-0.4, -0.2) is 60.4 Å². The summed E-state index contributed by atoms with van der Waals surface area (Å²) in [5, 5.41) is 21.4. The Labute approximate surface area is 199 Å². The lowest BCUT2D eigenvalue weighted by Crippen LogP contribution is -2.28. The lowest BCUT2D eigenvalue weighted by molar-refractivity contribution is -0.105. The average Bonchev–Trinajstić information content (AvgIpc) is 3.44. The minimum Gasteiger partial charge on any atom is -0.388 e. The maximum atomic E-state index is 12.8. The fraction of sp³-hybridized carbons (Fsp3) is 0.250. The summed E-state index contributed by atoms with van der Waals surface area (Å²) in [6.45, 7) is 0.224. The standard InChI is InChI=1S/C20H25N11O4/c1-29-8-11(6-13(29)17(33)23-5-4-15(21)22)25-18(34)14-7-12(9-30(14)2)26-19(35)16-27-20(24-10-32)28-31(16)3/h6-10H,4-5H2,1-3H3,(H3,21,22)(H,23,33)(H,25,34)(H,26,35)(H,24,28,32). The maximum absolute atomic E-state index is 12.8. The predicted octanol–water partition coefficient (Wildman–Crippen LogP) is -0.379. The third kappa shape index (κ3) is 5.89. The molecule has 3 heterocycles. The number of hydrogen-bond acceptors (Lipinski definition) is 7. The fourth-order valence-electron chi connectivity index (χ4n) is 3.20. The van der Waals surface area contributed by atoms with E-state index in [9.17, 15) is 19.2 Å². The van der Waals surface area contributed by atoms with Crippen molar-refractivity contribution < 1.29 is 19.2 Å². The minimum absolute atomic E-state index is 0.0180. The molecule has 3 aromatic heterocycles. The summed E-state index contributed by atoms with van der Waals surface area (Å²) in [6.07, 6.45) is 3.77. The van der Waals surface area contributed by atoms with Crippen LogP contribution in [0, 0.1) is 5.41 Å². The second-order valence-corrected chi connectivity index (χ2v) is 7.53. The molecule has 15 nitrogen and oxygen atoms in total. The Kier molecular flexibility index (Phi) is 7.28. The van der Waals surface area contributed by atoms with Crippen molar-refractivity contribution >= 4 is 47.3 Å². The molecule has 0 aromatic carbocycles. The van der Waals surface area contributed by atoms with Gasteiger partial charge in [0.05, 0.1) is 17.2 Å². The summed E-state index contributed by atoms with van der Waals surface area (Å²) in [7, 11) is 4.80. The molecule has 184 valence electrons. The summed E-state index contributed by atoms with van der Waals surface area (Å²) < 4.78 is 4.30. The van der Waals surface area contributed by atoms with E-state index in [1.54, 1.807) is 31.1 Å². The molecule has 0 aliphatic rings. The Bertz CT molecular complexity index is 1300. The van der Waals surface area contributed by atoms with E-state index in [1.165, 1.54) is 28.4 Å². The number of amidine groups is 1. The van der Waals surface area contributed by atoms with E-state index < -0.39 is 11.8 Å². The number of nitrogens with two attached hydrogens (primary N) is 1. The van der Waals surface area contributed by atoms with E-state index in [4.69, 9.17) is 11.1 Å². The number of aromatic nitrogens is 5. The Balaban J connectivity index is 1.67. The molecule has 0 saturated carbocycles. The molecule has 7 N–H and O–H groups in total. The van der Waals surface area contributed by atoms with E-state index in [1.807, 2.05) is 0 Å². The molecule has 0 aliphatic heterocycles. The lowest BCUT2D eigenvalue weighted by atomic mass is 10.3. The summed E-state index contributed by atoms with van der Waals surface area (Å²) in [5.41, 5.74) is 6.59. The second kappa shape index (κ2) is 10.3. The summed E-state index contributed by atoms with van der Waals surface area (Å²) >= 11 is 0. The first kappa shape index (κ1) is 24.7.